The molecule has 1 unspecified atom stereocenters. The molecular formula is C19H19N3O3S. The van der Waals surface area contributed by atoms with E-state index >= 15 is 0 Å². The number of hydrogen-bond acceptors (Lipinski definition) is 6. The number of hydrogen-bond donors (Lipinski definition) is 1. The van der Waals surface area contributed by atoms with Crippen molar-refractivity contribution in [2.24, 2.45) is 5.92 Å². The molecule has 6 nitrogen and oxygen atoms in total. The monoisotopic (exact) mass is 369 g/mol. The summed E-state index contributed by atoms with van der Waals surface area (Å²) in [5.41, 5.74) is 1.28. The van der Waals surface area contributed by atoms with Gasteiger partial charge in [0.25, 0.3) is 5.91 Å². The molecule has 1 aliphatic rings. The third kappa shape index (κ3) is 3.68. The van der Waals surface area contributed by atoms with Crippen LogP contribution in [0.1, 0.15) is 34.9 Å². The Labute approximate surface area is 155 Å². The molecule has 0 radical (unpaired) electrons. The first-order valence-corrected chi connectivity index (χ1v) is 9.48. The van der Waals surface area contributed by atoms with E-state index in [2.05, 4.69) is 15.5 Å². The molecule has 3 aromatic heterocycles. The van der Waals surface area contributed by atoms with Gasteiger partial charge in [0, 0.05) is 31.7 Å². The summed E-state index contributed by atoms with van der Waals surface area (Å²) in [7, 11) is 0. The number of thiophene rings is 1. The molecule has 4 rings (SSSR count). The summed E-state index contributed by atoms with van der Waals surface area (Å²) in [5.74, 6) is 0.673. The largest absolute Gasteiger partial charge is 0.381 e. The van der Waals surface area contributed by atoms with E-state index in [-0.39, 0.29) is 17.6 Å². The molecular weight excluding hydrogens is 350 g/mol. The van der Waals surface area contributed by atoms with Gasteiger partial charge in [0.1, 0.15) is 0 Å². The van der Waals surface area contributed by atoms with Crippen LogP contribution in [0.4, 0.5) is 0 Å². The fourth-order valence-electron chi connectivity index (χ4n) is 3.21. The smallest absolute Gasteiger partial charge is 0.273 e. The molecule has 1 amide bonds. The average molecular weight is 369 g/mol. The van der Waals surface area contributed by atoms with Gasteiger partial charge in [-0.05, 0) is 41.8 Å². The number of amides is 1. The van der Waals surface area contributed by atoms with Crippen LogP contribution in [0.3, 0.4) is 0 Å². The van der Waals surface area contributed by atoms with Crippen molar-refractivity contribution in [1.82, 2.24) is 15.5 Å². The highest BCUT2D eigenvalue weighted by molar-refractivity contribution is 7.13. The zero-order valence-corrected chi connectivity index (χ0v) is 14.9. The number of ether oxygens (including phenoxy) is 1. The third-order valence-corrected chi connectivity index (χ3v) is 5.46. The van der Waals surface area contributed by atoms with Crippen LogP contribution in [0, 0.1) is 5.92 Å². The van der Waals surface area contributed by atoms with Crippen LogP contribution < -0.4 is 5.32 Å². The quantitative estimate of drug-likeness (QED) is 0.742. The highest BCUT2D eigenvalue weighted by atomic mass is 32.1. The molecule has 1 fully saturated rings. The van der Waals surface area contributed by atoms with Gasteiger partial charge in [0.2, 0.25) is 0 Å². The molecule has 1 N–H and O–H groups in total. The van der Waals surface area contributed by atoms with E-state index in [1.54, 1.807) is 29.8 Å². The maximum atomic E-state index is 12.8. The maximum absolute atomic E-state index is 12.8. The molecule has 0 spiro atoms. The van der Waals surface area contributed by atoms with E-state index in [9.17, 15) is 4.79 Å². The summed E-state index contributed by atoms with van der Waals surface area (Å²) < 4.78 is 10.8. The first kappa shape index (κ1) is 16.9. The normalized spacial score (nSPS) is 16.3. The van der Waals surface area contributed by atoms with Gasteiger partial charge in [-0.25, -0.2) is 0 Å². The van der Waals surface area contributed by atoms with Crippen LogP contribution in [-0.2, 0) is 4.74 Å². The zero-order chi connectivity index (χ0) is 17.8. The first-order valence-electron chi connectivity index (χ1n) is 8.60. The van der Waals surface area contributed by atoms with Crippen LogP contribution in [-0.4, -0.2) is 29.3 Å². The SMILES string of the molecule is O=C(NC(c1cccnc1)C1CCOCC1)c1cc(-c2cccs2)on1. The number of nitrogens with zero attached hydrogens (tertiary/aromatic N) is 2. The Morgan fingerprint density at radius 3 is 2.88 bits per heavy atom. The lowest BCUT2D eigenvalue weighted by Crippen LogP contribution is -2.36. The molecule has 0 aliphatic carbocycles. The average Bonchev–Trinajstić information content (AvgIpc) is 3.39. The van der Waals surface area contributed by atoms with Crippen LogP contribution in [0.15, 0.2) is 52.6 Å². The van der Waals surface area contributed by atoms with Crippen LogP contribution in [0.2, 0.25) is 0 Å². The van der Waals surface area contributed by atoms with E-state index in [1.807, 2.05) is 29.6 Å². The fraction of sp³-hybridized carbons (Fsp3) is 0.316. The molecule has 3 aromatic rings. The molecule has 1 atom stereocenters. The number of pyridine rings is 1. The van der Waals surface area contributed by atoms with E-state index in [4.69, 9.17) is 9.26 Å². The van der Waals surface area contributed by atoms with E-state index in [0.717, 1.165) is 23.3 Å². The molecule has 26 heavy (non-hydrogen) atoms. The van der Waals surface area contributed by atoms with Gasteiger partial charge >= 0.3 is 0 Å². The highest BCUT2D eigenvalue weighted by Crippen LogP contribution is 2.30. The maximum Gasteiger partial charge on any atom is 0.273 e. The summed E-state index contributed by atoms with van der Waals surface area (Å²) in [5, 5.41) is 9.03. The summed E-state index contributed by atoms with van der Waals surface area (Å²) in [4.78, 5) is 17.9. The summed E-state index contributed by atoms with van der Waals surface area (Å²) >= 11 is 1.55. The Morgan fingerprint density at radius 2 is 2.15 bits per heavy atom. The lowest BCUT2D eigenvalue weighted by molar-refractivity contribution is 0.0512. The minimum absolute atomic E-state index is 0.123. The highest BCUT2D eigenvalue weighted by Gasteiger charge is 2.28. The Morgan fingerprint density at radius 1 is 1.27 bits per heavy atom. The second-order valence-corrected chi connectivity index (χ2v) is 7.19. The van der Waals surface area contributed by atoms with Gasteiger partial charge in [-0.1, -0.05) is 17.3 Å². The predicted molar refractivity (Wildman–Crippen MR) is 97.8 cm³/mol. The number of aromatic nitrogens is 2. The molecule has 0 bridgehead atoms. The van der Waals surface area contributed by atoms with Gasteiger partial charge < -0.3 is 14.6 Å². The number of nitrogens with one attached hydrogen (secondary N) is 1. The third-order valence-electron chi connectivity index (χ3n) is 4.57. The molecule has 1 saturated heterocycles. The van der Waals surface area contributed by atoms with Gasteiger partial charge in [-0.2, -0.15) is 0 Å². The lowest BCUT2D eigenvalue weighted by Gasteiger charge is -2.30. The number of carbonyl (C=O) groups is 1. The summed E-state index contributed by atoms with van der Waals surface area (Å²) in [6, 6.07) is 9.32. The molecule has 134 valence electrons. The van der Waals surface area contributed by atoms with E-state index in [1.165, 1.54) is 0 Å². The molecule has 4 heterocycles. The van der Waals surface area contributed by atoms with Crippen LogP contribution in [0.5, 0.6) is 0 Å². The first-order chi connectivity index (χ1) is 12.8. The summed E-state index contributed by atoms with van der Waals surface area (Å²) in [6.07, 6.45) is 5.34. The lowest BCUT2D eigenvalue weighted by atomic mass is 9.87. The van der Waals surface area contributed by atoms with Crippen molar-refractivity contribution < 1.29 is 14.1 Å². The Balaban J connectivity index is 1.54. The van der Waals surface area contributed by atoms with Crippen molar-refractivity contribution in [2.75, 3.05) is 13.2 Å². The summed E-state index contributed by atoms with van der Waals surface area (Å²) in [6.45, 7) is 1.42. The topological polar surface area (TPSA) is 77.2 Å². The van der Waals surface area contributed by atoms with Crippen LogP contribution >= 0.6 is 11.3 Å². The molecule has 7 heteroatoms. The van der Waals surface area contributed by atoms with Gasteiger partial charge in [-0.3, -0.25) is 9.78 Å². The Hall–Kier alpha value is -2.51. The zero-order valence-electron chi connectivity index (χ0n) is 14.1. The van der Waals surface area contributed by atoms with Gasteiger partial charge in [0.15, 0.2) is 11.5 Å². The van der Waals surface area contributed by atoms with Crippen molar-refractivity contribution in [3.8, 4) is 10.6 Å². The predicted octanol–water partition coefficient (Wildman–Crippen LogP) is 3.70. The number of carbonyl (C=O) groups excluding carboxylic acids is 1. The van der Waals surface area contributed by atoms with E-state index in [0.29, 0.717) is 24.9 Å². The minimum Gasteiger partial charge on any atom is -0.381 e. The van der Waals surface area contributed by atoms with E-state index < -0.39 is 0 Å². The second kappa shape index (κ2) is 7.80. The van der Waals surface area contributed by atoms with Crippen molar-refractivity contribution in [2.45, 2.75) is 18.9 Å². The standard InChI is InChI=1S/C19H19N3O3S/c23-19(15-11-16(25-22-15)17-4-2-10-26-17)21-18(13-5-8-24-9-6-13)14-3-1-7-20-12-14/h1-4,7,10-13,18H,5-6,8-9H2,(H,21,23). The fourth-order valence-corrected chi connectivity index (χ4v) is 3.89. The van der Waals surface area contributed by atoms with Gasteiger partial charge in [-0.15, -0.1) is 11.3 Å². The minimum atomic E-state index is -0.239. The van der Waals surface area contributed by atoms with Gasteiger partial charge in [0.05, 0.1) is 10.9 Å². The second-order valence-electron chi connectivity index (χ2n) is 6.24. The molecule has 1 aliphatic heterocycles. The van der Waals surface area contributed by atoms with Crippen molar-refractivity contribution >= 4 is 17.2 Å². The van der Waals surface area contributed by atoms with Crippen molar-refractivity contribution in [3.05, 3.63) is 59.4 Å². The van der Waals surface area contributed by atoms with Crippen molar-refractivity contribution in [3.63, 3.8) is 0 Å². The Kier molecular flexibility index (Phi) is 5.08. The molecule has 0 aromatic carbocycles. The molecule has 0 saturated carbocycles. The number of rotatable bonds is 5. The van der Waals surface area contributed by atoms with Crippen molar-refractivity contribution in [1.29, 1.82) is 0 Å². The van der Waals surface area contributed by atoms with Crippen LogP contribution in [0.25, 0.3) is 10.6 Å². The Bertz CT molecular complexity index is 842.